The minimum absolute atomic E-state index is 0.0998. The molecule has 2 heterocycles. The molecule has 2 aliphatic carbocycles. The Morgan fingerprint density at radius 1 is 0.615 bits per heavy atom. The number of ketones is 2. The van der Waals surface area contributed by atoms with Gasteiger partial charge in [0.2, 0.25) is 0 Å². The van der Waals surface area contributed by atoms with Crippen molar-refractivity contribution in [1.82, 2.24) is 10.2 Å². The topological polar surface area (TPSA) is 67.9 Å². The van der Waals surface area contributed by atoms with Gasteiger partial charge in [-0.2, -0.15) is 26.3 Å². The molecule has 352 valence electrons. The first kappa shape index (κ1) is 50.6. The third-order valence-corrected chi connectivity index (χ3v) is 13.8. The molecule has 0 amide bonds. The van der Waals surface area contributed by atoms with E-state index < -0.39 is 28.9 Å². The second kappa shape index (κ2) is 22.8. The molecule has 4 aromatic rings. The maximum Gasteiger partial charge on any atom is 0.416 e. The van der Waals surface area contributed by atoms with Gasteiger partial charge in [0.15, 0.2) is 11.6 Å². The van der Waals surface area contributed by atoms with E-state index in [4.69, 9.17) is 44.3 Å². The van der Waals surface area contributed by atoms with Gasteiger partial charge in [-0.1, -0.05) is 60.3 Å². The molecular weight excluding hydrogens is 913 g/mol. The molecule has 0 spiro atoms. The van der Waals surface area contributed by atoms with Crippen LogP contribution in [0.15, 0.2) is 97.1 Å². The predicted molar refractivity (Wildman–Crippen MR) is 243 cm³/mol. The van der Waals surface area contributed by atoms with Crippen molar-refractivity contribution in [2.75, 3.05) is 51.8 Å². The number of alkyl halides is 7. The first-order valence-corrected chi connectivity index (χ1v) is 23.5. The van der Waals surface area contributed by atoms with Gasteiger partial charge in [-0.25, -0.2) is 0 Å². The number of hydrogen-bond donors (Lipinski definition) is 1. The zero-order valence-corrected chi connectivity index (χ0v) is 38.4. The van der Waals surface area contributed by atoms with Crippen molar-refractivity contribution in [2.45, 2.75) is 87.4 Å². The molecule has 4 aliphatic rings. The van der Waals surface area contributed by atoms with Crippen LogP contribution in [0, 0.1) is 11.8 Å². The van der Waals surface area contributed by atoms with E-state index in [0.717, 1.165) is 126 Å². The fourth-order valence-electron chi connectivity index (χ4n) is 8.94. The Bertz CT molecular complexity index is 2120. The lowest BCUT2D eigenvalue weighted by Gasteiger charge is -2.43. The van der Waals surface area contributed by atoms with E-state index in [9.17, 15) is 35.9 Å². The highest BCUT2D eigenvalue weighted by Crippen LogP contribution is 2.46. The molecule has 0 bridgehead atoms. The smallest absolute Gasteiger partial charge is 0.416 e. The second-order valence-electron chi connectivity index (χ2n) is 17.5. The third-order valence-electron chi connectivity index (χ3n) is 13.1. The van der Waals surface area contributed by atoms with Crippen LogP contribution < -0.4 is 14.8 Å². The first-order chi connectivity index (χ1) is 31.0. The van der Waals surface area contributed by atoms with Gasteiger partial charge in [0, 0.05) is 35.0 Å². The van der Waals surface area contributed by atoms with Crippen molar-refractivity contribution >= 4 is 46.4 Å². The van der Waals surface area contributed by atoms with Crippen LogP contribution in [0.4, 0.5) is 26.3 Å². The van der Waals surface area contributed by atoms with Gasteiger partial charge < -0.3 is 14.8 Å². The number of Topliss-reactive ketones (excluding diaryl/α,β-unsaturated/α-hetero) is 2. The monoisotopic (exact) mass is 966 g/mol. The molecule has 0 radical (unpaired) electrons. The Morgan fingerprint density at radius 2 is 1.06 bits per heavy atom. The van der Waals surface area contributed by atoms with E-state index in [1.54, 1.807) is 0 Å². The van der Waals surface area contributed by atoms with E-state index >= 15 is 0 Å². The fraction of sp³-hybridized carbons (Fsp3) is 0.480. The highest BCUT2D eigenvalue weighted by molar-refractivity contribution is 6.31. The molecule has 8 rings (SSSR count). The number of rotatable bonds is 13. The average Bonchev–Trinajstić information content (AvgIpc) is 3.26. The van der Waals surface area contributed by atoms with Crippen LogP contribution in [0.5, 0.6) is 11.5 Å². The summed E-state index contributed by atoms with van der Waals surface area (Å²) >= 11 is 17.5. The van der Waals surface area contributed by atoms with Crippen LogP contribution >= 0.6 is 34.8 Å². The number of nitrogens with one attached hydrogen (secondary N) is 1. The van der Waals surface area contributed by atoms with Gasteiger partial charge in [0.1, 0.15) is 11.5 Å². The maximum absolute atomic E-state index is 13.3. The minimum Gasteiger partial charge on any atom is -0.493 e. The summed E-state index contributed by atoms with van der Waals surface area (Å²) in [7, 11) is 0. The number of likely N-dealkylation sites (tertiary alicyclic amines) is 1. The van der Waals surface area contributed by atoms with E-state index in [1.165, 1.54) is 24.3 Å². The molecule has 65 heavy (non-hydrogen) atoms. The van der Waals surface area contributed by atoms with Gasteiger partial charge in [-0.3, -0.25) is 14.5 Å². The summed E-state index contributed by atoms with van der Waals surface area (Å²) in [5.41, 5.74) is 0.0776. The normalized spacial score (nSPS) is 20.3. The van der Waals surface area contributed by atoms with E-state index in [0.29, 0.717) is 47.2 Å². The van der Waals surface area contributed by atoms with Crippen LogP contribution in [-0.4, -0.2) is 68.3 Å². The molecule has 1 N–H and O–H groups in total. The fourth-order valence-corrected chi connectivity index (χ4v) is 9.45. The number of benzene rings is 4. The number of nitrogens with zero attached hydrogens (tertiary/aromatic N) is 1. The SMILES string of the molecule is FC(F)(F)c1ccc(OC[C@H]2CCCNC2)cc1.O=C(CCl)C1(c2ccc(Cl)cc2)CCC1.O=C(CN1CCC[C@H](COc2ccc(C(F)(F)F)cc2)C1)C1(c2ccc(Cl)cc2)CCC1. The van der Waals surface area contributed by atoms with Gasteiger partial charge in [0.05, 0.1) is 47.6 Å². The molecule has 15 heteroatoms. The van der Waals surface area contributed by atoms with E-state index in [-0.39, 0.29) is 28.8 Å². The molecule has 0 aromatic heterocycles. The van der Waals surface area contributed by atoms with Crippen LogP contribution in [0.3, 0.4) is 0 Å². The summed E-state index contributed by atoms with van der Waals surface area (Å²) in [6.45, 7) is 4.98. The summed E-state index contributed by atoms with van der Waals surface area (Å²) in [6, 6.07) is 24.8. The molecule has 2 atom stereocenters. The van der Waals surface area contributed by atoms with Crippen molar-refractivity contribution in [3.63, 3.8) is 0 Å². The van der Waals surface area contributed by atoms with E-state index in [1.807, 2.05) is 48.5 Å². The molecule has 6 nitrogen and oxygen atoms in total. The van der Waals surface area contributed by atoms with E-state index in [2.05, 4.69) is 10.2 Å². The number of carbonyl (C=O) groups is 2. The molecule has 4 aromatic carbocycles. The van der Waals surface area contributed by atoms with Crippen molar-refractivity contribution in [2.24, 2.45) is 11.8 Å². The van der Waals surface area contributed by atoms with Gasteiger partial charge >= 0.3 is 12.4 Å². The molecule has 2 saturated carbocycles. The number of carbonyl (C=O) groups excluding carboxylic acids is 2. The summed E-state index contributed by atoms with van der Waals surface area (Å²) < 4.78 is 86.4. The number of piperidine rings is 2. The number of halogens is 9. The van der Waals surface area contributed by atoms with Crippen LogP contribution in [0.25, 0.3) is 0 Å². The Kier molecular flexibility index (Phi) is 17.7. The van der Waals surface area contributed by atoms with Crippen LogP contribution in [0.1, 0.15) is 86.5 Å². The number of ether oxygens (including phenoxy) is 2. The van der Waals surface area contributed by atoms with Crippen molar-refractivity contribution < 1.29 is 45.4 Å². The van der Waals surface area contributed by atoms with Crippen LogP contribution in [0.2, 0.25) is 10.0 Å². The highest BCUT2D eigenvalue weighted by Gasteiger charge is 2.46. The molecule has 4 fully saturated rings. The highest BCUT2D eigenvalue weighted by atomic mass is 35.5. The summed E-state index contributed by atoms with van der Waals surface area (Å²) in [5.74, 6) is 2.11. The maximum atomic E-state index is 13.3. The second-order valence-corrected chi connectivity index (χ2v) is 18.6. The van der Waals surface area contributed by atoms with Gasteiger partial charge in [0.25, 0.3) is 0 Å². The van der Waals surface area contributed by atoms with Crippen molar-refractivity contribution in [3.8, 4) is 11.5 Å². The first-order valence-electron chi connectivity index (χ1n) is 22.2. The average molecular weight is 968 g/mol. The lowest BCUT2D eigenvalue weighted by atomic mass is 9.62. The lowest BCUT2D eigenvalue weighted by molar-refractivity contribution is -0.138. The van der Waals surface area contributed by atoms with Crippen LogP contribution in [-0.2, 0) is 32.8 Å². The van der Waals surface area contributed by atoms with Crippen molar-refractivity contribution in [1.29, 1.82) is 0 Å². The van der Waals surface area contributed by atoms with Gasteiger partial charge in [-0.15, -0.1) is 11.6 Å². The predicted octanol–water partition coefficient (Wildman–Crippen LogP) is 12.8. The van der Waals surface area contributed by atoms with Gasteiger partial charge in [-0.05, 0) is 148 Å². The summed E-state index contributed by atoms with van der Waals surface area (Å²) in [4.78, 5) is 27.3. The van der Waals surface area contributed by atoms with Crippen molar-refractivity contribution in [3.05, 3.63) is 129 Å². The summed E-state index contributed by atoms with van der Waals surface area (Å²) in [6.07, 6.45) is 1.29. The quantitative estimate of drug-likeness (QED) is 0.106. The Hall–Kier alpha value is -3.81. The standard InChI is InChI=1S/C25H27ClF3NO2.C13H16F3NO.C12H12Cl2O/c26-21-8-4-19(5-9-21)24(12-2-13-24)23(31)16-30-14-1-3-18(15-30)17-32-22-10-6-20(7-11-22)25(27,28)29;14-13(15,16)11-3-5-12(6-4-11)18-9-10-2-1-7-17-8-10;13-8-11(15)12(6-1-7-12)9-2-4-10(14)5-3-9/h4-11,18H,1-3,12-17H2;3-6,10,17H,1-2,7-9H2;2-5H,1,6-8H2/t18-;10-;/m00./s1. The minimum atomic E-state index is -4.35. The molecular formula is C50H55Cl3F6N2O4. The largest absolute Gasteiger partial charge is 0.493 e. The Labute approximate surface area is 392 Å². The molecule has 2 saturated heterocycles. The summed E-state index contributed by atoms with van der Waals surface area (Å²) in [5, 5.41) is 4.64. The third kappa shape index (κ3) is 13.7. The lowest BCUT2D eigenvalue weighted by Crippen LogP contribution is -2.49. The Balaban J connectivity index is 0.000000178. The Morgan fingerprint density at radius 3 is 1.46 bits per heavy atom. The zero-order valence-electron chi connectivity index (χ0n) is 36.1. The zero-order chi connectivity index (χ0) is 46.7. The molecule has 0 unspecified atom stereocenters. The molecule has 2 aliphatic heterocycles. The number of hydrogen-bond acceptors (Lipinski definition) is 6.